The summed E-state index contributed by atoms with van der Waals surface area (Å²) in [7, 11) is 0. The van der Waals surface area contributed by atoms with Gasteiger partial charge in [-0.2, -0.15) is 0 Å². The Kier molecular flexibility index (Phi) is 5.22. The molecule has 0 aliphatic heterocycles. The van der Waals surface area contributed by atoms with Crippen LogP contribution in [0, 0.1) is 5.41 Å². The number of benzene rings is 1. The van der Waals surface area contributed by atoms with E-state index in [0.717, 1.165) is 5.56 Å². The molecule has 1 N–H and O–H groups in total. The molecule has 0 aliphatic carbocycles. The van der Waals surface area contributed by atoms with Crippen molar-refractivity contribution >= 4 is 28.8 Å². The summed E-state index contributed by atoms with van der Waals surface area (Å²) in [5, 5.41) is 3.16. The standard InChI is InChI=1S/C19H21ClN2O/c1-13(12-19(2,3)4)14-5-7-15(8-6-14)18(23)22-16-9-10-21-17(20)11-16/h5-12H,1-4H3,(H,21,22,23)/b13-12+. The van der Waals surface area contributed by atoms with Gasteiger partial charge in [-0.25, -0.2) is 4.98 Å². The van der Waals surface area contributed by atoms with E-state index in [4.69, 9.17) is 11.6 Å². The van der Waals surface area contributed by atoms with Crippen molar-refractivity contribution in [1.29, 1.82) is 0 Å². The monoisotopic (exact) mass is 328 g/mol. The molecule has 3 nitrogen and oxygen atoms in total. The van der Waals surface area contributed by atoms with Crippen molar-refractivity contribution in [2.75, 3.05) is 5.32 Å². The van der Waals surface area contributed by atoms with Crippen molar-refractivity contribution in [3.63, 3.8) is 0 Å². The van der Waals surface area contributed by atoms with Gasteiger partial charge in [-0.05, 0) is 47.7 Å². The summed E-state index contributed by atoms with van der Waals surface area (Å²) in [5.74, 6) is -0.170. The number of hydrogen-bond acceptors (Lipinski definition) is 2. The molecule has 0 fully saturated rings. The van der Waals surface area contributed by atoms with Crippen LogP contribution in [0.15, 0.2) is 48.7 Å². The predicted octanol–water partition coefficient (Wildman–Crippen LogP) is 5.44. The van der Waals surface area contributed by atoms with Crippen LogP contribution < -0.4 is 5.32 Å². The SMILES string of the molecule is C/C(=C\C(C)(C)C)c1ccc(C(=O)Nc2ccnc(Cl)c2)cc1. The third-order valence-corrected chi connectivity index (χ3v) is 3.44. The molecular formula is C19H21ClN2O. The molecule has 0 saturated carbocycles. The number of rotatable bonds is 3. The van der Waals surface area contributed by atoms with Crippen LogP contribution in [0.5, 0.6) is 0 Å². The van der Waals surface area contributed by atoms with Gasteiger partial charge < -0.3 is 5.32 Å². The second-order valence-corrected chi connectivity index (χ2v) is 6.98. The highest BCUT2D eigenvalue weighted by atomic mass is 35.5. The van der Waals surface area contributed by atoms with Gasteiger partial charge in [0.15, 0.2) is 0 Å². The van der Waals surface area contributed by atoms with Gasteiger partial charge in [-0.3, -0.25) is 4.79 Å². The van der Waals surface area contributed by atoms with E-state index in [1.54, 1.807) is 18.3 Å². The molecule has 120 valence electrons. The summed E-state index contributed by atoms with van der Waals surface area (Å²) in [6.07, 6.45) is 3.78. The lowest BCUT2D eigenvalue weighted by molar-refractivity contribution is 0.102. The topological polar surface area (TPSA) is 42.0 Å². The number of nitrogens with one attached hydrogen (secondary N) is 1. The summed E-state index contributed by atoms with van der Waals surface area (Å²) in [5.41, 5.74) is 3.67. The van der Waals surface area contributed by atoms with Crippen LogP contribution in [0.2, 0.25) is 5.15 Å². The average molecular weight is 329 g/mol. The van der Waals surface area contributed by atoms with Gasteiger partial charge in [0.1, 0.15) is 5.15 Å². The van der Waals surface area contributed by atoms with E-state index in [1.807, 2.05) is 24.3 Å². The number of nitrogens with zero attached hydrogens (tertiary/aromatic N) is 1. The minimum atomic E-state index is -0.170. The first kappa shape index (κ1) is 17.2. The highest BCUT2D eigenvalue weighted by Crippen LogP contribution is 2.23. The van der Waals surface area contributed by atoms with E-state index in [0.29, 0.717) is 16.4 Å². The molecule has 23 heavy (non-hydrogen) atoms. The first-order valence-electron chi connectivity index (χ1n) is 7.47. The Bertz CT molecular complexity index is 728. The van der Waals surface area contributed by atoms with E-state index in [9.17, 15) is 4.79 Å². The van der Waals surface area contributed by atoms with Gasteiger partial charge in [-0.15, -0.1) is 0 Å². The zero-order valence-electron chi connectivity index (χ0n) is 13.9. The minimum absolute atomic E-state index is 0.126. The molecule has 1 amide bonds. The highest BCUT2D eigenvalue weighted by molar-refractivity contribution is 6.29. The fraction of sp³-hybridized carbons (Fsp3) is 0.263. The summed E-state index contributed by atoms with van der Waals surface area (Å²) in [6.45, 7) is 8.58. The van der Waals surface area contributed by atoms with Gasteiger partial charge in [0.2, 0.25) is 0 Å². The molecule has 4 heteroatoms. The maximum atomic E-state index is 12.2. The van der Waals surface area contributed by atoms with Crippen molar-refractivity contribution in [2.24, 2.45) is 5.41 Å². The Morgan fingerprint density at radius 3 is 2.30 bits per heavy atom. The average Bonchev–Trinajstić information content (AvgIpc) is 2.45. The van der Waals surface area contributed by atoms with Gasteiger partial charge in [-0.1, -0.05) is 50.6 Å². The lowest BCUT2D eigenvalue weighted by Gasteiger charge is -2.14. The number of anilines is 1. The van der Waals surface area contributed by atoms with Crippen molar-refractivity contribution in [1.82, 2.24) is 4.98 Å². The molecule has 0 atom stereocenters. The van der Waals surface area contributed by atoms with Crippen LogP contribution in [0.1, 0.15) is 43.6 Å². The number of aromatic nitrogens is 1. The summed E-state index contributed by atoms with van der Waals surface area (Å²) in [4.78, 5) is 16.1. The van der Waals surface area contributed by atoms with Crippen molar-refractivity contribution in [3.05, 3.63) is 65.0 Å². The number of carbonyl (C=O) groups excluding carboxylic acids is 1. The van der Waals surface area contributed by atoms with Gasteiger partial charge in [0, 0.05) is 17.4 Å². The fourth-order valence-corrected chi connectivity index (χ4v) is 2.47. The molecular weight excluding hydrogens is 308 g/mol. The molecule has 1 aromatic heterocycles. The number of pyridine rings is 1. The first-order chi connectivity index (χ1) is 10.7. The largest absolute Gasteiger partial charge is 0.322 e. The van der Waals surface area contributed by atoms with E-state index in [1.165, 1.54) is 5.57 Å². The minimum Gasteiger partial charge on any atom is -0.322 e. The van der Waals surface area contributed by atoms with Crippen molar-refractivity contribution < 1.29 is 4.79 Å². The zero-order valence-corrected chi connectivity index (χ0v) is 14.6. The number of hydrogen-bond donors (Lipinski definition) is 1. The Labute approximate surface area is 142 Å². The summed E-state index contributed by atoms with van der Waals surface area (Å²) in [6, 6.07) is 10.9. The molecule has 0 radical (unpaired) electrons. The maximum Gasteiger partial charge on any atom is 0.255 e. The predicted molar refractivity (Wildman–Crippen MR) is 96.7 cm³/mol. The number of carbonyl (C=O) groups is 1. The lowest BCUT2D eigenvalue weighted by atomic mass is 9.91. The van der Waals surface area contributed by atoms with Crippen LogP contribution >= 0.6 is 11.6 Å². The highest BCUT2D eigenvalue weighted by Gasteiger charge is 2.09. The molecule has 1 aromatic carbocycles. The van der Waals surface area contributed by atoms with Crippen LogP contribution in [-0.4, -0.2) is 10.9 Å². The molecule has 0 bridgehead atoms. The maximum absolute atomic E-state index is 12.2. The number of halogens is 1. The van der Waals surface area contributed by atoms with E-state index < -0.39 is 0 Å². The molecule has 0 saturated heterocycles. The molecule has 2 rings (SSSR count). The van der Waals surface area contributed by atoms with Crippen LogP contribution in [0.4, 0.5) is 5.69 Å². The normalized spacial score (nSPS) is 12.1. The Morgan fingerprint density at radius 2 is 1.74 bits per heavy atom. The second kappa shape index (κ2) is 6.97. The quantitative estimate of drug-likeness (QED) is 0.762. The summed E-state index contributed by atoms with van der Waals surface area (Å²) < 4.78 is 0. The van der Waals surface area contributed by atoms with Gasteiger partial charge in [0.25, 0.3) is 5.91 Å². The van der Waals surface area contributed by atoms with Gasteiger partial charge in [0.05, 0.1) is 0 Å². The third-order valence-electron chi connectivity index (χ3n) is 3.24. The smallest absolute Gasteiger partial charge is 0.255 e. The van der Waals surface area contributed by atoms with Gasteiger partial charge >= 0.3 is 0 Å². The van der Waals surface area contributed by atoms with E-state index in [-0.39, 0.29) is 11.3 Å². The van der Waals surface area contributed by atoms with Crippen molar-refractivity contribution in [3.8, 4) is 0 Å². The number of amides is 1. The fourth-order valence-electron chi connectivity index (χ4n) is 2.30. The van der Waals surface area contributed by atoms with Crippen LogP contribution in [-0.2, 0) is 0 Å². The first-order valence-corrected chi connectivity index (χ1v) is 7.85. The molecule has 0 spiro atoms. The van der Waals surface area contributed by atoms with E-state index >= 15 is 0 Å². The second-order valence-electron chi connectivity index (χ2n) is 6.59. The van der Waals surface area contributed by atoms with Crippen molar-refractivity contribution in [2.45, 2.75) is 27.7 Å². The third kappa shape index (κ3) is 5.22. The Morgan fingerprint density at radius 1 is 1.13 bits per heavy atom. The Hall–Kier alpha value is -2.13. The summed E-state index contributed by atoms with van der Waals surface area (Å²) >= 11 is 5.81. The molecule has 0 aliphatic rings. The van der Waals surface area contributed by atoms with Crippen LogP contribution in [0.3, 0.4) is 0 Å². The molecule has 2 aromatic rings. The Balaban J connectivity index is 2.13. The molecule has 0 unspecified atom stereocenters. The van der Waals surface area contributed by atoms with E-state index in [2.05, 4.69) is 44.1 Å². The lowest BCUT2D eigenvalue weighted by Crippen LogP contribution is -2.11. The molecule has 1 heterocycles. The zero-order chi connectivity index (χ0) is 17.0. The van der Waals surface area contributed by atoms with Crippen LogP contribution in [0.25, 0.3) is 5.57 Å². The number of allylic oxidation sites excluding steroid dienone is 2.